The molecule has 0 saturated heterocycles. The van der Waals surface area contributed by atoms with Crippen molar-refractivity contribution in [1.29, 1.82) is 0 Å². The van der Waals surface area contributed by atoms with E-state index in [9.17, 15) is 4.79 Å². The Morgan fingerprint density at radius 1 is 1.37 bits per heavy atom. The van der Waals surface area contributed by atoms with Crippen molar-refractivity contribution < 1.29 is 4.79 Å². The Morgan fingerprint density at radius 2 is 2.26 bits per heavy atom. The molecule has 2 N–H and O–H groups in total. The van der Waals surface area contributed by atoms with Crippen molar-refractivity contribution in [2.75, 3.05) is 13.1 Å². The SMILES string of the molecule is O=C(NCCCNC1CC1)c1cnn2ccncc12. The van der Waals surface area contributed by atoms with E-state index in [0.717, 1.165) is 24.5 Å². The highest BCUT2D eigenvalue weighted by atomic mass is 16.1. The van der Waals surface area contributed by atoms with Gasteiger partial charge in [-0.1, -0.05) is 0 Å². The average molecular weight is 259 g/mol. The Bertz CT molecular complexity index is 575. The molecular weight excluding hydrogens is 242 g/mol. The molecule has 2 aromatic heterocycles. The predicted molar refractivity (Wildman–Crippen MR) is 71.0 cm³/mol. The lowest BCUT2D eigenvalue weighted by Crippen LogP contribution is -2.27. The standard InChI is InChI=1S/C13H17N5O/c19-13(16-5-1-4-15-10-2-3-10)11-8-17-18-7-6-14-9-12(11)18/h6-10,15H,1-5H2,(H,16,19). The molecule has 0 bridgehead atoms. The Kier molecular flexibility index (Phi) is 3.41. The summed E-state index contributed by atoms with van der Waals surface area (Å²) in [6.07, 6.45) is 10.1. The van der Waals surface area contributed by atoms with Crippen LogP contribution in [0.15, 0.2) is 24.8 Å². The van der Waals surface area contributed by atoms with Gasteiger partial charge in [-0.05, 0) is 25.8 Å². The molecule has 0 aliphatic heterocycles. The van der Waals surface area contributed by atoms with Crippen molar-refractivity contribution in [2.24, 2.45) is 0 Å². The van der Waals surface area contributed by atoms with Crippen LogP contribution in [0, 0.1) is 0 Å². The van der Waals surface area contributed by atoms with E-state index < -0.39 is 0 Å². The number of rotatable bonds is 6. The van der Waals surface area contributed by atoms with Crippen molar-refractivity contribution in [2.45, 2.75) is 25.3 Å². The number of carbonyl (C=O) groups excluding carboxylic acids is 1. The van der Waals surface area contributed by atoms with Crippen LogP contribution in [0.2, 0.25) is 0 Å². The monoisotopic (exact) mass is 259 g/mol. The highest BCUT2D eigenvalue weighted by Crippen LogP contribution is 2.18. The number of nitrogens with one attached hydrogen (secondary N) is 2. The van der Waals surface area contributed by atoms with Crippen LogP contribution in [-0.4, -0.2) is 39.6 Å². The zero-order chi connectivity index (χ0) is 13.1. The second kappa shape index (κ2) is 5.36. The number of carbonyl (C=O) groups is 1. The first kappa shape index (κ1) is 12.1. The number of aromatic nitrogens is 3. The van der Waals surface area contributed by atoms with Crippen LogP contribution in [0.25, 0.3) is 5.52 Å². The van der Waals surface area contributed by atoms with E-state index in [0.29, 0.717) is 12.1 Å². The highest BCUT2D eigenvalue weighted by molar-refractivity contribution is 6.00. The first-order chi connectivity index (χ1) is 9.34. The van der Waals surface area contributed by atoms with Gasteiger partial charge in [0.1, 0.15) is 0 Å². The molecule has 1 aliphatic carbocycles. The van der Waals surface area contributed by atoms with Crippen LogP contribution in [0.1, 0.15) is 29.6 Å². The second-order valence-corrected chi connectivity index (χ2v) is 4.80. The molecule has 3 rings (SSSR count). The van der Waals surface area contributed by atoms with Gasteiger partial charge < -0.3 is 10.6 Å². The summed E-state index contributed by atoms with van der Waals surface area (Å²) in [7, 11) is 0. The fourth-order valence-electron chi connectivity index (χ4n) is 1.99. The van der Waals surface area contributed by atoms with Gasteiger partial charge in [0.15, 0.2) is 0 Å². The molecule has 100 valence electrons. The Balaban J connectivity index is 1.51. The summed E-state index contributed by atoms with van der Waals surface area (Å²) in [5.74, 6) is -0.0885. The Morgan fingerprint density at radius 3 is 3.11 bits per heavy atom. The van der Waals surface area contributed by atoms with Gasteiger partial charge in [0.05, 0.1) is 23.5 Å². The molecule has 1 aliphatic rings. The molecule has 0 atom stereocenters. The maximum Gasteiger partial charge on any atom is 0.255 e. The summed E-state index contributed by atoms with van der Waals surface area (Å²) in [4.78, 5) is 16.0. The average Bonchev–Trinajstić information content (AvgIpc) is 3.15. The molecular formula is C13H17N5O. The topological polar surface area (TPSA) is 71.3 Å². The van der Waals surface area contributed by atoms with Gasteiger partial charge in [0.2, 0.25) is 0 Å². The lowest BCUT2D eigenvalue weighted by Gasteiger charge is -2.05. The zero-order valence-electron chi connectivity index (χ0n) is 10.7. The molecule has 2 heterocycles. The first-order valence-electron chi connectivity index (χ1n) is 6.63. The van der Waals surface area contributed by atoms with Crippen molar-refractivity contribution in [3.8, 4) is 0 Å². The van der Waals surface area contributed by atoms with Gasteiger partial charge in [-0.2, -0.15) is 5.10 Å². The zero-order valence-corrected chi connectivity index (χ0v) is 10.7. The summed E-state index contributed by atoms with van der Waals surface area (Å²) < 4.78 is 1.65. The second-order valence-electron chi connectivity index (χ2n) is 4.80. The lowest BCUT2D eigenvalue weighted by molar-refractivity contribution is 0.0955. The smallest absolute Gasteiger partial charge is 0.255 e. The number of hydrogen-bond acceptors (Lipinski definition) is 4. The summed E-state index contributed by atoms with van der Waals surface area (Å²) in [5.41, 5.74) is 1.30. The summed E-state index contributed by atoms with van der Waals surface area (Å²) in [5, 5.41) is 10.4. The Labute approximate surface area is 111 Å². The fraction of sp³-hybridized carbons (Fsp3) is 0.462. The molecule has 2 aromatic rings. The van der Waals surface area contributed by atoms with Crippen molar-refractivity contribution in [3.63, 3.8) is 0 Å². The van der Waals surface area contributed by atoms with E-state index >= 15 is 0 Å². The van der Waals surface area contributed by atoms with Gasteiger partial charge in [-0.25, -0.2) is 4.52 Å². The normalized spacial score (nSPS) is 14.7. The number of hydrogen-bond donors (Lipinski definition) is 2. The third-order valence-corrected chi connectivity index (χ3v) is 3.22. The molecule has 0 radical (unpaired) electrons. The maximum absolute atomic E-state index is 12.0. The molecule has 6 heteroatoms. The van der Waals surface area contributed by atoms with Crippen molar-refractivity contribution in [3.05, 3.63) is 30.4 Å². The number of amides is 1. The minimum absolute atomic E-state index is 0.0885. The van der Waals surface area contributed by atoms with Crippen molar-refractivity contribution >= 4 is 11.4 Å². The largest absolute Gasteiger partial charge is 0.352 e. The third-order valence-electron chi connectivity index (χ3n) is 3.22. The third kappa shape index (κ3) is 2.90. The van der Waals surface area contributed by atoms with E-state index in [1.165, 1.54) is 12.8 Å². The van der Waals surface area contributed by atoms with E-state index in [2.05, 4.69) is 20.7 Å². The minimum atomic E-state index is -0.0885. The molecule has 0 aromatic carbocycles. The number of fused-ring (bicyclic) bond motifs is 1. The molecule has 1 saturated carbocycles. The minimum Gasteiger partial charge on any atom is -0.352 e. The molecule has 1 amide bonds. The molecule has 0 spiro atoms. The molecule has 6 nitrogen and oxygen atoms in total. The van der Waals surface area contributed by atoms with E-state index in [1.807, 2.05) is 0 Å². The van der Waals surface area contributed by atoms with E-state index in [-0.39, 0.29) is 5.91 Å². The maximum atomic E-state index is 12.0. The van der Waals surface area contributed by atoms with Crippen molar-refractivity contribution in [1.82, 2.24) is 25.2 Å². The van der Waals surface area contributed by atoms with E-state index in [4.69, 9.17) is 0 Å². The highest BCUT2D eigenvalue weighted by Gasteiger charge is 2.19. The van der Waals surface area contributed by atoms with Gasteiger partial charge in [-0.15, -0.1) is 0 Å². The van der Waals surface area contributed by atoms with Crippen LogP contribution < -0.4 is 10.6 Å². The molecule has 1 fully saturated rings. The summed E-state index contributed by atoms with van der Waals surface area (Å²) in [6, 6.07) is 0.724. The predicted octanol–water partition coefficient (Wildman–Crippen LogP) is 0.601. The molecule has 19 heavy (non-hydrogen) atoms. The summed E-state index contributed by atoms with van der Waals surface area (Å²) >= 11 is 0. The Hall–Kier alpha value is -1.95. The van der Waals surface area contributed by atoms with Crippen LogP contribution >= 0.6 is 0 Å². The fourth-order valence-corrected chi connectivity index (χ4v) is 1.99. The van der Waals surface area contributed by atoms with E-state index in [1.54, 1.807) is 29.3 Å². The van der Waals surface area contributed by atoms with Gasteiger partial charge >= 0.3 is 0 Å². The first-order valence-corrected chi connectivity index (χ1v) is 6.63. The van der Waals surface area contributed by atoms with Gasteiger partial charge in [0, 0.05) is 25.0 Å². The van der Waals surface area contributed by atoms with Crippen LogP contribution in [0.3, 0.4) is 0 Å². The number of nitrogens with zero attached hydrogens (tertiary/aromatic N) is 3. The van der Waals surface area contributed by atoms with Crippen LogP contribution in [-0.2, 0) is 0 Å². The summed E-state index contributed by atoms with van der Waals surface area (Å²) in [6.45, 7) is 1.64. The molecule has 0 unspecified atom stereocenters. The lowest BCUT2D eigenvalue weighted by atomic mass is 10.2. The quantitative estimate of drug-likeness (QED) is 0.745. The van der Waals surface area contributed by atoms with Gasteiger partial charge in [-0.3, -0.25) is 9.78 Å². The van der Waals surface area contributed by atoms with Crippen LogP contribution in [0.4, 0.5) is 0 Å². The van der Waals surface area contributed by atoms with Crippen LogP contribution in [0.5, 0.6) is 0 Å². The van der Waals surface area contributed by atoms with Gasteiger partial charge in [0.25, 0.3) is 5.91 Å².